The molecule has 1 unspecified atom stereocenters. The van der Waals surface area contributed by atoms with E-state index in [0.29, 0.717) is 5.56 Å². The van der Waals surface area contributed by atoms with Crippen LogP contribution in [0.25, 0.3) is 0 Å². The summed E-state index contributed by atoms with van der Waals surface area (Å²) < 4.78 is 10.4. The fourth-order valence-electron chi connectivity index (χ4n) is 3.28. The van der Waals surface area contributed by atoms with Gasteiger partial charge >= 0.3 is 5.97 Å². The Bertz CT molecular complexity index is 965. The smallest absolute Gasteiger partial charge is 0.335 e. The van der Waals surface area contributed by atoms with E-state index in [0.717, 1.165) is 12.1 Å². The van der Waals surface area contributed by atoms with E-state index in [1.807, 2.05) is 0 Å². The first-order valence-corrected chi connectivity index (χ1v) is 9.54. The molecule has 2 aromatic carbocycles. The Morgan fingerprint density at radius 3 is 2.06 bits per heavy atom. The van der Waals surface area contributed by atoms with Gasteiger partial charge in [0.1, 0.15) is 46.9 Å². The SMILES string of the molecule is O=C(CCc1ccc(OC2O[C@H](C(=O)O)[C@@H](O)[C@H](O)[C@H]2O)cc1)c1c(O)cc(O)cc1O. The molecular formula is C21H22O11. The van der Waals surface area contributed by atoms with Crippen molar-refractivity contribution in [2.45, 2.75) is 43.5 Å². The van der Waals surface area contributed by atoms with Crippen LogP contribution in [0.4, 0.5) is 0 Å². The molecule has 11 nitrogen and oxygen atoms in total. The van der Waals surface area contributed by atoms with E-state index < -0.39 is 54.0 Å². The summed E-state index contributed by atoms with van der Waals surface area (Å²) in [5, 5.41) is 67.4. The number of aliphatic hydroxyl groups excluding tert-OH is 3. The zero-order valence-electron chi connectivity index (χ0n) is 16.5. The lowest BCUT2D eigenvalue weighted by Gasteiger charge is -2.38. The van der Waals surface area contributed by atoms with Gasteiger partial charge in [0.25, 0.3) is 0 Å². The van der Waals surface area contributed by atoms with Gasteiger partial charge in [-0.1, -0.05) is 12.1 Å². The van der Waals surface area contributed by atoms with E-state index in [4.69, 9.17) is 14.6 Å². The number of aryl methyl sites for hydroxylation is 1. The Morgan fingerprint density at radius 2 is 1.50 bits per heavy atom. The van der Waals surface area contributed by atoms with Gasteiger partial charge in [0.15, 0.2) is 11.9 Å². The number of hydrogen-bond donors (Lipinski definition) is 7. The van der Waals surface area contributed by atoms with Crippen LogP contribution in [-0.2, 0) is 16.0 Å². The van der Waals surface area contributed by atoms with Crippen LogP contribution in [0.15, 0.2) is 36.4 Å². The second-order valence-corrected chi connectivity index (χ2v) is 7.28. The number of carboxylic acids is 1. The lowest BCUT2D eigenvalue weighted by Crippen LogP contribution is -2.61. The van der Waals surface area contributed by atoms with Crippen molar-refractivity contribution in [3.63, 3.8) is 0 Å². The molecule has 7 N–H and O–H groups in total. The molecule has 32 heavy (non-hydrogen) atoms. The molecule has 11 heteroatoms. The molecule has 3 rings (SSSR count). The van der Waals surface area contributed by atoms with Gasteiger partial charge in [0.2, 0.25) is 6.29 Å². The monoisotopic (exact) mass is 450 g/mol. The number of phenols is 3. The number of Topliss-reactive ketones (excluding diaryl/α,β-unsaturated/α-hetero) is 1. The summed E-state index contributed by atoms with van der Waals surface area (Å²) in [5.41, 5.74) is 0.396. The predicted molar refractivity (Wildman–Crippen MR) is 105 cm³/mol. The van der Waals surface area contributed by atoms with Crippen LogP contribution in [0.5, 0.6) is 23.0 Å². The third-order valence-electron chi connectivity index (χ3n) is 4.99. The maximum absolute atomic E-state index is 12.3. The Labute approximate surface area is 181 Å². The number of aliphatic carboxylic acids is 1. The molecule has 1 heterocycles. The van der Waals surface area contributed by atoms with Gasteiger partial charge in [-0.05, 0) is 24.1 Å². The van der Waals surface area contributed by atoms with Crippen molar-refractivity contribution in [1.82, 2.24) is 0 Å². The molecule has 1 saturated heterocycles. The molecule has 0 amide bonds. The van der Waals surface area contributed by atoms with Crippen LogP contribution < -0.4 is 4.74 Å². The van der Waals surface area contributed by atoms with Gasteiger partial charge in [-0.15, -0.1) is 0 Å². The number of hydrogen-bond acceptors (Lipinski definition) is 10. The zero-order chi connectivity index (χ0) is 23.6. The quantitative estimate of drug-likeness (QED) is 0.278. The van der Waals surface area contributed by atoms with Gasteiger partial charge < -0.3 is 45.2 Å². The van der Waals surface area contributed by atoms with Gasteiger partial charge in [0, 0.05) is 18.6 Å². The van der Waals surface area contributed by atoms with Crippen LogP contribution in [0.1, 0.15) is 22.3 Å². The topological polar surface area (TPSA) is 194 Å². The van der Waals surface area contributed by atoms with E-state index in [-0.39, 0.29) is 29.9 Å². The Kier molecular flexibility index (Phi) is 6.84. The maximum Gasteiger partial charge on any atom is 0.335 e. The minimum Gasteiger partial charge on any atom is -0.508 e. The van der Waals surface area contributed by atoms with E-state index >= 15 is 0 Å². The average molecular weight is 450 g/mol. The number of benzene rings is 2. The van der Waals surface area contributed by atoms with Crippen molar-refractivity contribution in [1.29, 1.82) is 0 Å². The molecular weight excluding hydrogens is 428 g/mol. The molecule has 1 aliphatic heterocycles. The number of phenolic OH excluding ortho intramolecular Hbond substituents is 3. The van der Waals surface area contributed by atoms with Crippen LogP contribution in [0.3, 0.4) is 0 Å². The average Bonchev–Trinajstić information content (AvgIpc) is 2.72. The maximum atomic E-state index is 12.3. The number of rotatable bonds is 7. The van der Waals surface area contributed by atoms with Crippen molar-refractivity contribution in [3.8, 4) is 23.0 Å². The van der Waals surface area contributed by atoms with E-state index in [1.54, 1.807) is 12.1 Å². The molecule has 1 fully saturated rings. The predicted octanol–water partition coefficient (Wildman–Crippen LogP) is -0.110. The molecule has 0 radical (unpaired) electrons. The first kappa shape index (κ1) is 23.3. The molecule has 0 aromatic heterocycles. The summed E-state index contributed by atoms with van der Waals surface area (Å²) in [4.78, 5) is 23.5. The highest BCUT2D eigenvalue weighted by Gasteiger charge is 2.48. The largest absolute Gasteiger partial charge is 0.508 e. The highest BCUT2D eigenvalue weighted by molar-refractivity contribution is 6.01. The third-order valence-corrected chi connectivity index (χ3v) is 4.99. The number of ketones is 1. The van der Waals surface area contributed by atoms with Gasteiger partial charge in [-0.25, -0.2) is 4.79 Å². The molecule has 172 valence electrons. The lowest BCUT2D eigenvalue weighted by molar-refractivity contribution is -0.271. The van der Waals surface area contributed by atoms with E-state index in [2.05, 4.69) is 0 Å². The summed E-state index contributed by atoms with van der Waals surface area (Å²) in [5.74, 6) is -3.33. The van der Waals surface area contributed by atoms with E-state index in [1.165, 1.54) is 12.1 Å². The fraction of sp³-hybridized carbons (Fsp3) is 0.333. The van der Waals surface area contributed by atoms with Crippen molar-refractivity contribution in [3.05, 3.63) is 47.5 Å². The van der Waals surface area contributed by atoms with Crippen molar-refractivity contribution in [2.75, 3.05) is 0 Å². The van der Waals surface area contributed by atoms with Crippen LogP contribution in [0.2, 0.25) is 0 Å². The summed E-state index contributed by atoms with van der Waals surface area (Å²) in [7, 11) is 0. The normalized spacial score (nSPS) is 25.3. The van der Waals surface area contributed by atoms with Gasteiger partial charge in [0.05, 0.1) is 0 Å². The molecule has 1 aliphatic rings. The number of aromatic hydroxyl groups is 3. The van der Waals surface area contributed by atoms with Crippen LogP contribution >= 0.6 is 0 Å². The Hall–Kier alpha value is -3.38. The summed E-state index contributed by atoms with van der Waals surface area (Å²) in [6, 6.07) is 8.02. The van der Waals surface area contributed by atoms with Gasteiger partial charge in [-0.3, -0.25) is 4.79 Å². The fourth-order valence-corrected chi connectivity index (χ4v) is 3.28. The van der Waals surface area contributed by atoms with E-state index in [9.17, 15) is 40.2 Å². The number of carbonyl (C=O) groups excluding carboxylic acids is 1. The molecule has 0 bridgehead atoms. The summed E-state index contributed by atoms with van der Waals surface area (Å²) >= 11 is 0. The Balaban J connectivity index is 1.62. The first-order chi connectivity index (χ1) is 15.1. The van der Waals surface area contributed by atoms with Gasteiger partial charge in [-0.2, -0.15) is 0 Å². The lowest BCUT2D eigenvalue weighted by atomic mass is 9.99. The molecule has 0 spiro atoms. The highest BCUT2D eigenvalue weighted by atomic mass is 16.7. The number of carboxylic acid groups (broad SMARTS) is 1. The summed E-state index contributed by atoms with van der Waals surface area (Å²) in [6.07, 6.45) is -8.43. The van der Waals surface area contributed by atoms with Crippen LogP contribution in [0, 0.1) is 0 Å². The second kappa shape index (κ2) is 9.40. The molecule has 2 aromatic rings. The third kappa shape index (κ3) is 4.92. The highest BCUT2D eigenvalue weighted by Crippen LogP contribution is 2.33. The molecule has 0 saturated carbocycles. The van der Waals surface area contributed by atoms with Crippen molar-refractivity contribution in [2.24, 2.45) is 0 Å². The summed E-state index contributed by atoms with van der Waals surface area (Å²) in [6.45, 7) is 0. The second-order valence-electron chi connectivity index (χ2n) is 7.28. The Morgan fingerprint density at radius 1 is 0.906 bits per heavy atom. The van der Waals surface area contributed by atoms with Crippen LogP contribution in [-0.4, -0.2) is 78.2 Å². The number of carbonyl (C=O) groups is 2. The minimum atomic E-state index is -1.82. The standard InChI is InChI=1S/C21H22O11/c22-10-7-13(24)15(14(25)8-10)12(23)6-3-9-1-4-11(5-2-9)31-21-18(28)16(26)17(27)19(32-21)20(29)30/h1-2,4-5,7-8,16-19,21-22,24-28H,3,6H2,(H,29,30)/t16-,17-,18+,19-,21?/m0/s1. The van der Waals surface area contributed by atoms with Crippen molar-refractivity contribution >= 4 is 11.8 Å². The van der Waals surface area contributed by atoms with Crippen molar-refractivity contribution < 1.29 is 54.8 Å². The first-order valence-electron chi connectivity index (χ1n) is 9.54. The minimum absolute atomic E-state index is 0.0546. The molecule has 0 aliphatic carbocycles. The number of aliphatic hydroxyl groups is 3. The number of ether oxygens (including phenoxy) is 2. The zero-order valence-corrected chi connectivity index (χ0v) is 16.5. The molecule has 5 atom stereocenters.